The largest absolute Gasteiger partial charge is 0.462 e. The van der Waals surface area contributed by atoms with Crippen molar-refractivity contribution in [3.8, 4) is 0 Å². The number of alkyl halides is 1. The van der Waals surface area contributed by atoms with E-state index in [9.17, 15) is 4.79 Å². The molecule has 1 aliphatic carbocycles. The molecule has 1 fully saturated rings. The lowest BCUT2D eigenvalue weighted by Gasteiger charge is -2.14. The molecule has 0 N–H and O–H groups in total. The summed E-state index contributed by atoms with van der Waals surface area (Å²) in [5, 5.41) is 0. The third-order valence-electron chi connectivity index (χ3n) is 2.38. The van der Waals surface area contributed by atoms with Gasteiger partial charge in [-0.05, 0) is 32.1 Å². The maximum Gasteiger partial charge on any atom is 0.319 e. The van der Waals surface area contributed by atoms with Gasteiger partial charge in [0.1, 0.15) is 10.9 Å². The molecule has 1 saturated carbocycles. The second kappa shape index (κ2) is 5.63. The summed E-state index contributed by atoms with van der Waals surface area (Å²) in [7, 11) is 0. The van der Waals surface area contributed by atoms with E-state index in [1.165, 1.54) is 12.8 Å². The lowest BCUT2D eigenvalue weighted by atomic mass is 10.2. The lowest BCUT2D eigenvalue weighted by Crippen LogP contribution is -2.22. The minimum absolute atomic E-state index is 0.0752. The molecule has 1 atom stereocenters. The smallest absolute Gasteiger partial charge is 0.319 e. The number of hydrogen-bond acceptors (Lipinski definition) is 2. The molecule has 1 aliphatic rings. The van der Waals surface area contributed by atoms with Crippen molar-refractivity contribution in [2.24, 2.45) is 0 Å². The predicted octanol–water partition coefficient (Wildman–Crippen LogP) is 3.04. The Labute approximate surface area is 88.2 Å². The minimum Gasteiger partial charge on any atom is -0.462 e. The van der Waals surface area contributed by atoms with Crippen LogP contribution >= 0.6 is 15.9 Å². The Morgan fingerprint density at radius 3 is 2.69 bits per heavy atom. The van der Waals surface area contributed by atoms with Crippen LogP contribution in [0.25, 0.3) is 0 Å². The first-order valence-electron chi connectivity index (χ1n) is 5.08. The Balaban J connectivity index is 2.22. The summed E-state index contributed by atoms with van der Waals surface area (Å²) in [6, 6.07) is 0. The number of hydrogen-bond donors (Lipinski definition) is 0. The summed E-state index contributed by atoms with van der Waals surface area (Å²) in [6.45, 7) is 2.07. The summed E-state index contributed by atoms with van der Waals surface area (Å²) in [5.41, 5.74) is 0. The van der Waals surface area contributed by atoms with Crippen LogP contribution in [0.4, 0.5) is 0 Å². The van der Waals surface area contributed by atoms with Gasteiger partial charge in [-0.1, -0.05) is 29.3 Å². The quantitative estimate of drug-likeness (QED) is 0.565. The number of carbonyl (C=O) groups is 1. The Bertz CT molecular complexity index is 164. The molecule has 3 heteroatoms. The highest BCUT2D eigenvalue weighted by molar-refractivity contribution is 9.10. The summed E-state index contributed by atoms with van der Waals surface area (Å²) >= 11 is 3.34. The Morgan fingerprint density at radius 2 is 2.15 bits per heavy atom. The van der Waals surface area contributed by atoms with E-state index in [0.717, 1.165) is 25.7 Å². The van der Waals surface area contributed by atoms with Crippen molar-refractivity contribution < 1.29 is 9.53 Å². The molecular formula is C10H17BrO2. The minimum atomic E-state index is -0.0990. The van der Waals surface area contributed by atoms with E-state index < -0.39 is 0 Å². The number of rotatable bonds is 4. The van der Waals surface area contributed by atoms with Crippen LogP contribution in [0.15, 0.2) is 0 Å². The topological polar surface area (TPSA) is 26.3 Å². The maximum atomic E-state index is 11.4. The number of ether oxygens (including phenoxy) is 1. The van der Waals surface area contributed by atoms with Gasteiger partial charge in [-0.25, -0.2) is 0 Å². The van der Waals surface area contributed by atoms with E-state index >= 15 is 0 Å². The first-order chi connectivity index (χ1) is 6.24. The molecule has 0 bridgehead atoms. The van der Waals surface area contributed by atoms with Gasteiger partial charge in [-0.2, -0.15) is 0 Å². The number of halogens is 1. The molecule has 0 radical (unpaired) electrons. The normalized spacial score (nSPS) is 20.2. The molecular weight excluding hydrogens is 232 g/mol. The monoisotopic (exact) mass is 248 g/mol. The summed E-state index contributed by atoms with van der Waals surface area (Å²) in [4.78, 5) is 11.3. The third kappa shape index (κ3) is 3.67. The van der Waals surface area contributed by atoms with Gasteiger partial charge in [0.15, 0.2) is 0 Å². The van der Waals surface area contributed by atoms with Crippen molar-refractivity contribution in [2.45, 2.75) is 56.4 Å². The Hall–Kier alpha value is -0.0500. The van der Waals surface area contributed by atoms with Gasteiger partial charge in [-0.3, -0.25) is 4.79 Å². The van der Waals surface area contributed by atoms with Crippen LogP contribution in [0.1, 0.15) is 45.4 Å². The molecule has 2 nitrogen and oxygen atoms in total. The van der Waals surface area contributed by atoms with Crippen LogP contribution in [0.2, 0.25) is 0 Å². The van der Waals surface area contributed by atoms with Crippen molar-refractivity contribution in [2.75, 3.05) is 0 Å². The summed E-state index contributed by atoms with van der Waals surface area (Å²) in [6.07, 6.45) is 6.60. The van der Waals surface area contributed by atoms with Crippen LogP contribution in [-0.2, 0) is 9.53 Å². The summed E-state index contributed by atoms with van der Waals surface area (Å²) < 4.78 is 5.34. The van der Waals surface area contributed by atoms with Gasteiger partial charge in [-0.15, -0.1) is 0 Å². The zero-order chi connectivity index (χ0) is 9.68. The fourth-order valence-electron chi connectivity index (χ4n) is 1.62. The fourth-order valence-corrected chi connectivity index (χ4v) is 2.18. The molecule has 0 heterocycles. The van der Waals surface area contributed by atoms with E-state index in [1.54, 1.807) is 0 Å². The molecule has 13 heavy (non-hydrogen) atoms. The first-order valence-corrected chi connectivity index (χ1v) is 6.00. The van der Waals surface area contributed by atoms with Crippen molar-refractivity contribution in [3.63, 3.8) is 0 Å². The maximum absolute atomic E-state index is 11.4. The van der Waals surface area contributed by atoms with E-state index in [1.807, 2.05) is 0 Å². The van der Waals surface area contributed by atoms with Gasteiger partial charge in [0.05, 0.1) is 0 Å². The highest BCUT2D eigenvalue weighted by atomic mass is 79.9. The molecule has 0 aromatic rings. The van der Waals surface area contributed by atoms with Crippen LogP contribution in [0.3, 0.4) is 0 Å². The van der Waals surface area contributed by atoms with Crippen molar-refractivity contribution >= 4 is 21.9 Å². The van der Waals surface area contributed by atoms with Crippen molar-refractivity contribution in [1.29, 1.82) is 0 Å². The molecule has 1 unspecified atom stereocenters. The van der Waals surface area contributed by atoms with E-state index in [4.69, 9.17) is 4.74 Å². The van der Waals surface area contributed by atoms with Gasteiger partial charge in [0.2, 0.25) is 0 Å². The standard InChI is InChI=1S/C10H17BrO2/c1-2-5-9(11)10(12)13-8-6-3-4-7-8/h8-9H,2-7H2,1H3. The van der Waals surface area contributed by atoms with Crippen molar-refractivity contribution in [3.05, 3.63) is 0 Å². The predicted molar refractivity (Wildman–Crippen MR) is 56.0 cm³/mol. The molecule has 0 amide bonds. The Morgan fingerprint density at radius 1 is 1.54 bits per heavy atom. The van der Waals surface area contributed by atoms with Gasteiger partial charge < -0.3 is 4.74 Å². The summed E-state index contributed by atoms with van der Waals surface area (Å²) in [5.74, 6) is -0.0752. The average molecular weight is 249 g/mol. The molecule has 1 rings (SSSR count). The third-order valence-corrected chi connectivity index (χ3v) is 3.21. The lowest BCUT2D eigenvalue weighted by molar-refractivity contribution is -0.148. The van der Waals surface area contributed by atoms with Crippen LogP contribution in [-0.4, -0.2) is 16.9 Å². The van der Waals surface area contributed by atoms with E-state index in [0.29, 0.717) is 0 Å². The zero-order valence-corrected chi connectivity index (χ0v) is 9.68. The van der Waals surface area contributed by atoms with Crippen molar-refractivity contribution in [1.82, 2.24) is 0 Å². The van der Waals surface area contributed by atoms with Gasteiger partial charge >= 0.3 is 5.97 Å². The average Bonchev–Trinajstić information content (AvgIpc) is 2.57. The first kappa shape index (κ1) is 11.0. The van der Waals surface area contributed by atoms with Crippen LogP contribution in [0, 0.1) is 0 Å². The highest BCUT2D eigenvalue weighted by Gasteiger charge is 2.22. The SMILES string of the molecule is CCCC(Br)C(=O)OC1CCCC1. The fraction of sp³-hybridized carbons (Fsp3) is 0.900. The second-order valence-corrected chi connectivity index (χ2v) is 4.70. The zero-order valence-electron chi connectivity index (χ0n) is 8.09. The Kier molecular flexibility index (Phi) is 4.78. The van der Waals surface area contributed by atoms with E-state index in [2.05, 4.69) is 22.9 Å². The molecule has 0 aliphatic heterocycles. The van der Waals surface area contributed by atoms with Gasteiger partial charge in [0.25, 0.3) is 0 Å². The molecule has 76 valence electrons. The van der Waals surface area contributed by atoms with Gasteiger partial charge in [0, 0.05) is 0 Å². The second-order valence-electron chi connectivity index (χ2n) is 3.60. The highest BCUT2D eigenvalue weighted by Crippen LogP contribution is 2.22. The van der Waals surface area contributed by atoms with Crippen LogP contribution in [0.5, 0.6) is 0 Å². The number of esters is 1. The number of carbonyl (C=O) groups excluding carboxylic acids is 1. The molecule has 0 aromatic heterocycles. The van der Waals surface area contributed by atoms with Crippen LogP contribution < -0.4 is 0 Å². The molecule has 0 aromatic carbocycles. The molecule has 0 saturated heterocycles. The molecule has 0 spiro atoms. The van der Waals surface area contributed by atoms with E-state index in [-0.39, 0.29) is 16.9 Å².